The second-order valence-corrected chi connectivity index (χ2v) is 8.18. The van der Waals surface area contributed by atoms with Crippen molar-refractivity contribution in [3.8, 4) is 0 Å². The first-order valence-corrected chi connectivity index (χ1v) is 9.41. The molecule has 0 radical (unpaired) electrons. The molecule has 0 aliphatic carbocycles. The molecule has 0 spiro atoms. The van der Waals surface area contributed by atoms with Crippen molar-refractivity contribution in [1.82, 2.24) is 0 Å². The fraction of sp³-hybridized carbons (Fsp3) is 0.333. The summed E-state index contributed by atoms with van der Waals surface area (Å²) in [5.41, 5.74) is -1.24. The highest BCUT2D eigenvalue weighted by atomic mass is 35.5. The fourth-order valence-electron chi connectivity index (χ4n) is 3.10. The molecule has 8 nitrogen and oxygen atoms in total. The Balaban J connectivity index is 2.01. The third-order valence-corrected chi connectivity index (χ3v) is 4.83. The van der Waals surface area contributed by atoms with E-state index in [4.69, 9.17) is 21.1 Å². The third kappa shape index (κ3) is 4.01. The zero-order chi connectivity index (χ0) is 22.3. The maximum Gasteiger partial charge on any atom is 0.346 e. The van der Waals surface area contributed by atoms with Gasteiger partial charge in [0.15, 0.2) is 0 Å². The molecule has 1 aliphatic heterocycles. The molecule has 1 fully saturated rings. The van der Waals surface area contributed by atoms with E-state index >= 15 is 0 Å². The number of nitro groups is 1. The molecule has 0 bridgehead atoms. The average molecular weight is 434 g/mol. The summed E-state index contributed by atoms with van der Waals surface area (Å²) in [5.74, 6) is -1.12. The minimum absolute atomic E-state index is 0.115. The van der Waals surface area contributed by atoms with Gasteiger partial charge in [0.25, 0.3) is 5.69 Å². The summed E-state index contributed by atoms with van der Waals surface area (Å²) < 4.78 is 16.1. The van der Waals surface area contributed by atoms with Crippen molar-refractivity contribution >= 4 is 29.2 Å². The molecule has 0 aromatic heterocycles. The standard InChI is InChI=1S/C21H20ClNO7/c1-20(2,3)30-19(25)21(14-9-10-16(23(26)27)15(22)11-14)17(29-21)12-5-7-13(8-6-12)18(24)28-4/h5-11,17H,1-4H3. The first-order valence-electron chi connectivity index (χ1n) is 9.03. The van der Waals surface area contributed by atoms with Crippen LogP contribution in [0.15, 0.2) is 42.5 Å². The van der Waals surface area contributed by atoms with Gasteiger partial charge in [-0.3, -0.25) is 10.1 Å². The fourth-order valence-corrected chi connectivity index (χ4v) is 3.35. The normalized spacial score (nSPS) is 20.4. The Morgan fingerprint density at radius 1 is 1.17 bits per heavy atom. The van der Waals surface area contributed by atoms with Crippen molar-refractivity contribution in [2.24, 2.45) is 0 Å². The summed E-state index contributed by atoms with van der Waals surface area (Å²) in [7, 11) is 1.28. The van der Waals surface area contributed by atoms with Gasteiger partial charge in [-0.2, -0.15) is 0 Å². The van der Waals surface area contributed by atoms with Crippen molar-refractivity contribution < 1.29 is 28.7 Å². The summed E-state index contributed by atoms with van der Waals surface area (Å²) in [5, 5.41) is 11.0. The number of carbonyl (C=O) groups excluding carboxylic acids is 2. The maximum atomic E-state index is 13.1. The van der Waals surface area contributed by atoms with E-state index in [1.807, 2.05) is 0 Å². The minimum atomic E-state index is -1.50. The number of benzene rings is 2. The van der Waals surface area contributed by atoms with Crippen LogP contribution in [0.5, 0.6) is 0 Å². The molecule has 9 heteroatoms. The van der Waals surface area contributed by atoms with Crippen molar-refractivity contribution in [2.75, 3.05) is 7.11 Å². The molecular weight excluding hydrogens is 414 g/mol. The Bertz CT molecular complexity index is 1010. The molecule has 0 N–H and O–H groups in total. The number of halogens is 1. The summed E-state index contributed by atoms with van der Waals surface area (Å²) in [6, 6.07) is 10.4. The van der Waals surface area contributed by atoms with E-state index in [2.05, 4.69) is 4.74 Å². The Hall–Kier alpha value is -2.97. The number of carbonyl (C=O) groups is 2. The van der Waals surface area contributed by atoms with Crippen LogP contribution >= 0.6 is 11.6 Å². The number of hydrogen-bond acceptors (Lipinski definition) is 7. The van der Waals surface area contributed by atoms with Gasteiger partial charge in [0.2, 0.25) is 5.60 Å². The van der Waals surface area contributed by atoms with Gasteiger partial charge in [-0.15, -0.1) is 0 Å². The first-order chi connectivity index (χ1) is 14.0. The third-order valence-electron chi connectivity index (χ3n) is 4.53. The molecule has 1 saturated heterocycles. The molecule has 2 atom stereocenters. The molecule has 0 amide bonds. The molecular formula is C21H20ClNO7. The summed E-state index contributed by atoms with van der Waals surface area (Å²) in [6.45, 7) is 5.18. The largest absolute Gasteiger partial charge is 0.465 e. The lowest BCUT2D eigenvalue weighted by atomic mass is 9.91. The average Bonchev–Trinajstić information content (AvgIpc) is 3.43. The van der Waals surface area contributed by atoms with Gasteiger partial charge >= 0.3 is 11.9 Å². The van der Waals surface area contributed by atoms with Gasteiger partial charge in [-0.05, 0) is 50.6 Å². The van der Waals surface area contributed by atoms with Crippen molar-refractivity contribution in [3.63, 3.8) is 0 Å². The lowest BCUT2D eigenvalue weighted by Crippen LogP contribution is -2.33. The predicted octanol–water partition coefficient (Wildman–Crippen LogP) is 4.34. The number of methoxy groups -OCH3 is 1. The molecule has 30 heavy (non-hydrogen) atoms. The van der Waals surface area contributed by atoms with Gasteiger partial charge in [0.1, 0.15) is 16.7 Å². The van der Waals surface area contributed by atoms with E-state index in [0.717, 1.165) is 0 Å². The minimum Gasteiger partial charge on any atom is -0.465 e. The summed E-state index contributed by atoms with van der Waals surface area (Å²) >= 11 is 6.06. The Morgan fingerprint density at radius 2 is 1.80 bits per heavy atom. The highest BCUT2D eigenvalue weighted by Crippen LogP contribution is 2.58. The van der Waals surface area contributed by atoms with Crippen molar-refractivity contribution in [2.45, 2.75) is 38.1 Å². The monoisotopic (exact) mass is 433 g/mol. The van der Waals surface area contributed by atoms with E-state index in [9.17, 15) is 19.7 Å². The van der Waals surface area contributed by atoms with Crippen LogP contribution < -0.4 is 0 Å². The van der Waals surface area contributed by atoms with Crippen LogP contribution in [0.2, 0.25) is 5.02 Å². The topological polar surface area (TPSA) is 108 Å². The van der Waals surface area contributed by atoms with Crippen LogP contribution in [0, 0.1) is 10.1 Å². The number of rotatable bonds is 5. The molecule has 2 aromatic rings. The number of hydrogen-bond donors (Lipinski definition) is 0. The molecule has 158 valence electrons. The Labute approximate surface area is 177 Å². The van der Waals surface area contributed by atoms with Crippen molar-refractivity contribution in [3.05, 3.63) is 74.3 Å². The highest BCUT2D eigenvalue weighted by Gasteiger charge is 2.66. The van der Waals surface area contributed by atoms with Gasteiger partial charge in [-0.25, -0.2) is 9.59 Å². The number of ether oxygens (including phenoxy) is 3. The van der Waals surface area contributed by atoms with Crippen LogP contribution in [0.25, 0.3) is 0 Å². The predicted molar refractivity (Wildman–Crippen MR) is 107 cm³/mol. The van der Waals surface area contributed by atoms with Crippen LogP contribution in [-0.2, 0) is 24.6 Å². The van der Waals surface area contributed by atoms with Gasteiger partial charge < -0.3 is 14.2 Å². The van der Waals surface area contributed by atoms with Crippen LogP contribution in [-0.4, -0.2) is 29.6 Å². The number of esters is 2. The zero-order valence-corrected chi connectivity index (χ0v) is 17.6. The number of nitro benzene ring substituents is 1. The number of epoxide rings is 1. The summed E-state index contributed by atoms with van der Waals surface area (Å²) in [4.78, 5) is 35.2. The van der Waals surface area contributed by atoms with Crippen molar-refractivity contribution in [1.29, 1.82) is 0 Å². The van der Waals surface area contributed by atoms with E-state index in [0.29, 0.717) is 16.7 Å². The first kappa shape index (κ1) is 21.7. The lowest BCUT2D eigenvalue weighted by Gasteiger charge is -2.23. The van der Waals surface area contributed by atoms with Gasteiger partial charge in [-0.1, -0.05) is 23.7 Å². The highest BCUT2D eigenvalue weighted by molar-refractivity contribution is 6.32. The second-order valence-electron chi connectivity index (χ2n) is 7.77. The van der Waals surface area contributed by atoms with Gasteiger partial charge in [0.05, 0.1) is 17.6 Å². The quantitative estimate of drug-likeness (QED) is 0.298. The molecule has 2 aromatic carbocycles. The van der Waals surface area contributed by atoms with E-state index in [1.54, 1.807) is 45.0 Å². The molecule has 2 unspecified atom stereocenters. The van der Waals surface area contributed by atoms with E-state index < -0.39 is 34.2 Å². The Kier molecular flexibility index (Phi) is 5.58. The molecule has 1 heterocycles. The SMILES string of the molecule is COC(=O)c1ccc(C2OC2(C(=O)OC(C)(C)C)c2ccc([N+](=O)[O-])c(Cl)c2)cc1. The lowest BCUT2D eigenvalue weighted by molar-refractivity contribution is -0.384. The van der Waals surface area contributed by atoms with Crippen LogP contribution in [0.1, 0.15) is 48.4 Å². The Morgan fingerprint density at radius 3 is 2.30 bits per heavy atom. The molecule has 3 rings (SSSR count). The van der Waals surface area contributed by atoms with Gasteiger partial charge in [0, 0.05) is 11.6 Å². The van der Waals surface area contributed by atoms with E-state index in [1.165, 1.54) is 25.3 Å². The van der Waals surface area contributed by atoms with E-state index in [-0.39, 0.29) is 10.7 Å². The zero-order valence-electron chi connectivity index (χ0n) is 16.8. The second kappa shape index (κ2) is 7.70. The smallest absolute Gasteiger partial charge is 0.346 e. The van der Waals surface area contributed by atoms with Crippen LogP contribution in [0.3, 0.4) is 0 Å². The van der Waals surface area contributed by atoms with Crippen LogP contribution in [0.4, 0.5) is 5.69 Å². The summed E-state index contributed by atoms with van der Waals surface area (Å²) in [6.07, 6.45) is -0.712. The molecule has 0 saturated carbocycles. The number of nitrogens with zero attached hydrogens (tertiary/aromatic N) is 1. The maximum absolute atomic E-state index is 13.1. The molecule has 1 aliphatic rings.